The Morgan fingerprint density at radius 1 is 0.486 bits per heavy atom. The molecule has 3 atom stereocenters. The summed E-state index contributed by atoms with van der Waals surface area (Å²) in [6.07, 6.45) is 76.2. The van der Waals surface area contributed by atoms with Crippen LogP contribution in [0.2, 0.25) is 0 Å². The van der Waals surface area contributed by atoms with E-state index in [1.807, 2.05) is 21.1 Å². The van der Waals surface area contributed by atoms with Crippen LogP contribution >= 0.6 is 7.82 Å². The molecule has 0 radical (unpaired) electrons. The summed E-state index contributed by atoms with van der Waals surface area (Å²) in [5, 5.41) is 14.0. The molecule has 0 heterocycles. The molecule has 3 N–H and O–H groups in total. The monoisotopic (exact) mass is 1030 g/mol. The lowest BCUT2D eigenvalue weighted by Gasteiger charge is -2.26. The number of allylic oxidation sites excluding steroid dienone is 16. The van der Waals surface area contributed by atoms with E-state index in [1.165, 1.54) is 128 Å². The van der Waals surface area contributed by atoms with E-state index in [4.69, 9.17) is 9.05 Å². The van der Waals surface area contributed by atoms with Crippen LogP contribution in [0.15, 0.2) is 97.2 Å². The van der Waals surface area contributed by atoms with Crippen molar-refractivity contribution in [2.75, 3.05) is 40.9 Å². The third-order valence-electron chi connectivity index (χ3n) is 12.8. The maximum Gasteiger partial charge on any atom is 0.472 e. The number of amides is 1. The Morgan fingerprint density at radius 2 is 0.833 bits per heavy atom. The molecular formula is C63H114N2O6P+. The fourth-order valence-corrected chi connectivity index (χ4v) is 8.98. The van der Waals surface area contributed by atoms with E-state index in [1.54, 1.807) is 0 Å². The van der Waals surface area contributed by atoms with Gasteiger partial charge in [0.2, 0.25) is 5.91 Å². The summed E-state index contributed by atoms with van der Waals surface area (Å²) in [6.45, 7) is 4.76. The number of rotatable bonds is 53. The number of quaternary nitrogens is 1. The van der Waals surface area contributed by atoms with Crippen molar-refractivity contribution >= 4 is 13.7 Å². The predicted molar refractivity (Wildman–Crippen MR) is 313 cm³/mol. The highest BCUT2D eigenvalue weighted by molar-refractivity contribution is 7.47. The number of hydrogen-bond donors (Lipinski definition) is 3. The SMILES string of the molecule is CC/C=C\C/C=C\C/C=C\C/C=C\C/C=C\C/C=C\C/C=C\C/C=C\CCCCCCCCCCCCCCCCC(=O)NC(COP(=O)(O)OCC[N+](C)(C)C)C(O)CCCCCCCCCCCCC. The van der Waals surface area contributed by atoms with Gasteiger partial charge in [-0.1, -0.05) is 259 Å². The molecule has 0 aromatic heterocycles. The summed E-state index contributed by atoms with van der Waals surface area (Å²) in [4.78, 5) is 23.3. The van der Waals surface area contributed by atoms with Gasteiger partial charge >= 0.3 is 7.82 Å². The first kappa shape index (κ1) is 69.4. The van der Waals surface area contributed by atoms with Crippen LogP contribution < -0.4 is 5.32 Å². The van der Waals surface area contributed by atoms with E-state index in [0.717, 1.165) is 89.9 Å². The van der Waals surface area contributed by atoms with Crippen LogP contribution in [0.4, 0.5) is 0 Å². The highest BCUT2D eigenvalue weighted by atomic mass is 31.2. The molecule has 1 amide bonds. The second-order valence-corrected chi connectivity index (χ2v) is 22.4. The molecule has 0 bridgehead atoms. The van der Waals surface area contributed by atoms with Gasteiger partial charge in [-0.15, -0.1) is 0 Å². The minimum Gasteiger partial charge on any atom is -0.391 e. The number of hydrogen-bond acceptors (Lipinski definition) is 5. The molecule has 0 aliphatic carbocycles. The van der Waals surface area contributed by atoms with Crippen molar-refractivity contribution in [3.63, 3.8) is 0 Å². The Bertz CT molecular complexity index is 1490. The minimum atomic E-state index is -4.32. The van der Waals surface area contributed by atoms with Crippen LogP contribution in [0, 0.1) is 0 Å². The maximum absolute atomic E-state index is 13.0. The summed E-state index contributed by atoms with van der Waals surface area (Å²) < 4.78 is 23.7. The summed E-state index contributed by atoms with van der Waals surface area (Å²) in [5.74, 6) is -0.149. The van der Waals surface area contributed by atoms with Gasteiger partial charge < -0.3 is 19.8 Å². The lowest BCUT2D eigenvalue weighted by Crippen LogP contribution is -2.46. The van der Waals surface area contributed by atoms with Crippen molar-refractivity contribution in [1.82, 2.24) is 5.32 Å². The zero-order valence-electron chi connectivity index (χ0n) is 47.4. The second-order valence-electron chi connectivity index (χ2n) is 21.0. The van der Waals surface area contributed by atoms with E-state index >= 15 is 0 Å². The molecule has 0 rings (SSSR count). The Labute approximate surface area is 445 Å². The largest absolute Gasteiger partial charge is 0.472 e. The van der Waals surface area contributed by atoms with E-state index in [0.29, 0.717) is 23.9 Å². The van der Waals surface area contributed by atoms with Crippen molar-refractivity contribution in [1.29, 1.82) is 0 Å². The van der Waals surface area contributed by atoms with Gasteiger partial charge in [-0.2, -0.15) is 0 Å². The number of unbranched alkanes of at least 4 members (excludes halogenated alkanes) is 24. The average Bonchev–Trinajstić information content (AvgIpc) is 3.34. The first-order valence-corrected chi connectivity index (χ1v) is 31.1. The fourth-order valence-electron chi connectivity index (χ4n) is 8.24. The van der Waals surface area contributed by atoms with Gasteiger partial charge in [-0.3, -0.25) is 13.8 Å². The number of phosphoric acid groups is 1. The standard InChI is InChI=1S/C63H113N2O6P/c1-6-8-10-12-14-16-18-19-20-21-22-23-24-25-26-27-28-29-30-31-32-33-34-35-36-37-38-39-40-41-42-43-44-45-47-49-51-53-55-57-63(67)64-61(60-71-72(68,69)70-59-58-65(3,4)5)62(66)56-54-52-50-48-46-17-15-13-11-9-7-2/h8,10,14,16,19-20,22-23,25-26,28-29,31-32,34-35,61-62,66H,6-7,9,11-13,15,17-18,21,24,27,30,33,36-60H2,1-5H3,(H-,64,67,68,69)/p+1/b10-8-,16-14-,20-19-,23-22-,26-25-,29-28-,32-31-,35-34-. The van der Waals surface area contributed by atoms with Gasteiger partial charge in [0.25, 0.3) is 0 Å². The molecule has 72 heavy (non-hydrogen) atoms. The van der Waals surface area contributed by atoms with E-state index < -0.39 is 20.0 Å². The molecule has 0 spiro atoms. The zero-order valence-corrected chi connectivity index (χ0v) is 48.3. The molecule has 0 fully saturated rings. The van der Waals surface area contributed by atoms with Crippen molar-refractivity contribution in [3.8, 4) is 0 Å². The smallest absolute Gasteiger partial charge is 0.391 e. The molecule has 0 aromatic carbocycles. The molecule has 0 saturated carbocycles. The summed E-state index contributed by atoms with van der Waals surface area (Å²) in [7, 11) is 1.61. The Balaban J connectivity index is 3.97. The third kappa shape index (κ3) is 55.2. The van der Waals surface area contributed by atoms with Crippen LogP contribution in [0.3, 0.4) is 0 Å². The predicted octanol–water partition coefficient (Wildman–Crippen LogP) is 18.2. The molecule has 0 saturated heterocycles. The Kier molecular flexibility index (Phi) is 51.3. The van der Waals surface area contributed by atoms with Gasteiger partial charge in [0.15, 0.2) is 0 Å². The lowest BCUT2D eigenvalue weighted by atomic mass is 10.0. The number of nitrogens with zero attached hydrogens (tertiary/aromatic N) is 1. The molecule has 0 aliphatic heterocycles. The molecule has 8 nitrogen and oxygen atoms in total. The van der Waals surface area contributed by atoms with E-state index in [9.17, 15) is 19.4 Å². The number of carbonyl (C=O) groups is 1. The Hall–Kier alpha value is -2.58. The topological polar surface area (TPSA) is 105 Å². The number of aliphatic hydroxyl groups excluding tert-OH is 1. The first-order chi connectivity index (χ1) is 35.0. The van der Waals surface area contributed by atoms with E-state index in [2.05, 4.69) is 116 Å². The number of phosphoric ester groups is 1. The quantitative estimate of drug-likeness (QED) is 0.0243. The molecule has 0 aromatic rings. The third-order valence-corrected chi connectivity index (χ3v) is 13.8. The van der Waals surface area contributed by atoms with Crippen molar-refractivity contribution in [3.05, 3.63) is 97.2 Å². The summed E-state index contributed by atoms with van der Waals surface area (Å²) >= 11 is 0. The highest BCUT2D eigenvalue weighted by Gasteiger charge is 2.28. The van der Waals surface area contributed by atoms with Gasteiger partial charge in [-0.25, -0.2) is 4.57 Å². The van der Waals surface area contributed by atoms with Crippen LogP contribution in [0.1, 0.15) is 245 Å². The first-order valence-electron chi connectivity index (χ1n) is 29.6. The van der Waals surface area contributed by atoms with Gasteiger partial charge in [0.1, 0.15) is 13.2 Å². The number of carbonyl (C=O) groups excluding carboxylic acids is 1. The summed E-state index contributed by atoms with van der Waals surface area (Å²) in [5.41, 5.74) is 0. The molecule has 0 aliphatic rings. The van der Waals surface area contributed by atoms with Gasteiger partial charge in [0.05, 0.1) is 39.9 Å². The van der Waals surface area contributed by atoms with Crippen molar-refractivity contribution in [2.45, 2.75) is 257 Å². The van der Waals surface area contributed by atoms with Crippen LogP contribution in [-0.2, 0) is 18.4 Å². The number of nitrogens with one attached hydrogen (secondary N) is 1. The molecule has 9 heteroatoms. The van der Waals surface area contributed by atoms with Crippen molar-refractivity contribution < 1.29 is 32.9 Å². The minimum absolute atomic E-state index is 0.0718. The second kappa shape index (κ2) is 53.3. The van der Waals surface area contributed by atoms with Gasteiger partial charge in [-0.05, 0) is 77.0 Å². The number of aliphatic hydroxyl groups is 1. The van der Waals surface area contributed by atoms with E-state index in [-0.39, 0.29) is 19.1 Å². The normalized spacial score (nSPS) is 14.6. The molecule has 3 unspecified atom stereocenters. The highest BCUT2D eigenvalue weighted by Crippen LogP contribution is 2.43. The Morgan fingerprint density at radius 3 is 1.22 bits per heavy atom. The van der Waals surface area contributed by atoms with Crippen LogP contribution in [0.25, 0.3) is 0 Å². The molecular weight excluding hydrogens is 912 g/mol. The summed E-state index contributed by atoms with van der Waals surface area (Å²) in [6, 6.07) is -0.764. The van der Waals surface area contributed by atoms with Gasteiger partial charge in [0, 0.05) is 6.42 Å². The lowest BCUT2D eigenvalue weighted by molar-refractivity contribution is -0.870. The van der Waals surface area contributed by atoms with Crippen LogP contribution in [-0.4, -0.2) is 73.4 Å². The average molecular weight is 1030 g/mol. The maximum atomic E-state index is 13.0. The number of likely N-dealkylation sites (N-methyl/N-ethyl adjacent to an activating group) is 1. The molecule has 416 valence electrons. The fraction of sp³-hybridized carbons (Fsp3) is 0.730. The van der Waals surface area contributed by atoms with Crippen LogP contribution in [0.5, 0.6) is 0 Å². The van der Waals surface area contributed by atoms with Crippen molar-refractivity contribution in [2.24, 2.45) is 0 Å². The zero-order chi connectivity index (χ0) is 52.7.